The molecule has 0 aliphatic rings. The van der Waals surface area contributed by atoms with E-state index >= 15 is 0 Å². The Hall–Kier alpha value is 0.160. The van der Waals surface area contributed by atoms with Crippen LogP contribution >= 0.6 is 49.2 Å². The second-order valence-corrected chi connectivity index (χ2v) is 6.86. The zero-order valence-corrected chi connectivity index (χ0v) is 11.8. The second kappa shape index (κ2) is 4.35. The Morgan fingerprint density at radius 1 is 1.50 bits per heavy atom. The summed E-state index contributed by atoms with van der Waals surface area (Å²) in [5.41, 5.74) is 0.374. The summed E-state index contributed by atoms with van der Waals surface area (Å²) in [7, 11) is 1.44. The number of rotatable bonds is 1. The maximum atomic E-state index is 11.1. The van der Waals surface area contributed by atoms with Gasteiger partial charge in [0.15, 0.2) is 0 Å². The van der Waals surface area contributed by atoms with Crippen molar-refractivity contribution >= 4 is 58.3 Å². The van der Waals surface area contributed by atoms with Gasteiger partial charge < -0.3 is 0 Å². The minimum absolute atomic E-state index is 0.00522. The van der Waals surface area contributed by atoms with Gasteiger partial charge in [0.25, 0.3) is 9.05 Å². The predicted octanol–water partition coefficient (Wildman–Crippen LogP) is 2.85. The molecule has 14 heavy (non-hydrogen) atoms. The third kappa shape index (κ3) is 2.59. The summed E-state index contributed by atoms with van der Waals surface area (Å²) >= 11 is 4.90. The van der Waals surface area contributed by atoms with E-state index in [-0.39, 0.29) is 4.90 Å². The van der Waals surface area contributed by atoms with Gasteiger partial charge in [0.1, 0.15) is 6.07 Å². The number of hydrogen-bond acceptors (Lipinski definition) is 3. The third-order valence-corrected chi connectivity index (χ3v) is 4.68. The van der Waals surface area contributed by atoms with Gasteiger partial charge in [-0.1, -0.05) is 0 Å². The van der Waals surface area contributed by atoms with Crippen molar-refractivity contribution in [2.75, 3.05) is 0 Å². The molecule has 0 atom stereocenters. The van der Waals surface area contributed by atoms with Crippen LogP contribution in [0.2, 0.25) is 0 Å². The van der Waals surface area contributed by atoms with Crippen LogP contribution in [0.4, 0.5) is 0 Å². The van der Waals surface area contributed by atoms with Gasteiger partial charge in [-0.15, -0.1) is 0 Å². The summed E-state index contributed by atoms with van der Waals surface area (Å²) in [5.74, 6) is 0. The highest BCUT2D eigenvalue weighted by Crippen LogP contribution is 2.28. The van der Waals surface area contributed by atoms with Crippen LogP contribution in [0.1, 0.15) is 5.56 Å². The van der Waals surface area contributed by atoms with Gasteiger partial charge in [-0.3, -0.25) is 0 Å². The first-order valence-electron chi connectivity index (χ1n) is 3.20. The molecule has 0 amide bonds. The van der Waals surface area contributed by atoms with Crippen molar-refractivity contribution < 1.29 is 8.42 Å². The van der Waals surface area contributed by atoms with Crippen LogP contribution in [0.25, 0.3) is 0 Å². The van der Waals surface area contributed by atoms with Gasteiger partial charge in [-0.2, -0.15) is 5.26 Å². The van der Waals surface area contributed by atoms with E-state index in [0.29, 0.717) is 13.6 Å². The summed E-state index contributed by atoms with van der Waals surface area (Å²) in [6.07, 6.45) is 0. The van der Waals surface area contributed by atoms with E-state index in [0.717, 1.165) is 0 Å². The molecule has 1 rings (SSSR count). The van der Waals surface area contributed by atoms with Crippen LogP contribution in [0, 0.1) is 14.9 Å². The molecule has 0 aliphatic carbocycles. The highest BCUT2D eigenvalue weighted by atomic mass is 127. The van der Waals surface area contributed by atoms with Crippen LogP contribution in [0.5, 0.6) is 0 Å². The van der Waals surface area contributed by atoms with Gasteiger partial charge in [0.05, 0.1) is 10.5 Å². The van der Waals surface area contributed by atoms with Crippen molar-refractivity contribution in [3.63, 3.8) is 0 Å². The molecule has 1 aromatic rings. The largest absolute Gasteiger partial charge is 0.262 e. The number of nitriles is 1. The maximum absolute atomic E-state index is 11.1. The summed E-state index contributed by atoms with van der Waals surface area (Å²) in [4.78, 5) is 0.00522. The zero-order valence-electron chi connectivity index (χ0n) is 6.46. The van der Waals surface area contributed by atoms with Gasteiger partial charge >= 0.3 is 0 Å². The fraction of sp³-hybridized carbons (Fsp3) is 0. The number of benzene rings is 1. The van der Waals surface area contributed by atoms with E-state index in [1.165, 1.54) is 12.1 Å². The molecule has 1 aromatic carbocycles. The molecule has 0 bridgehead atoms. The van der Waals surface area contributed by atoms with Gasteiger partial charge in [0.2, 0.25) is 0 Å². The molecule has 0 N–H and O–H groups in total. The first-order chi connectivity index (χ1) is 6.36. The fourth-order valence-electron chi connectivity index (χ4n) is 0.801. The van der Waals surface area contributed by atoms with Gasteiger partial charge in [0, 0.05) is 18.7 Å². The zero-order chi connectivity index (χ0) is 10.9. The smallest absolute Gasteiger partial charge is 0.207 e. The van der Waals surface area contributed by atoms with E-state index in [2.05, 4.69) is 15.9 Å². The van der Waals surface area contributed by atoms with Crippen molar-refractivity contribution in [3.05, 3.63) is 25.7 Å². The first kappa shape index (κ1) is 12.2. The first-order valence-corrected chi connectivity index (χ1v) is 7.38. The van der Waals surface area contributed by atoms with Crippen LogP contribution in [-0.4, -0.2) is 8.42 Å². The lowest BCUT2D eigenvalue weighted by Crippen LogP contribution is -1.95. The minimum Gasteiger partial charge on any atom is -0.207 e. The van der Waals surface area contributed by atoms with Crippen molar-refractivity contribution in [3.8, 4) is 6.07 Å². The molecular formula is C7H2BrClINO2S. The van der Waals surface area contributed by atoms with Crippen molar-refractivity contribution in [2.24, 2.45) is 0 Å². The monoisotopic (exact) mass is 405 g/mol. The lowest BCUT2D eigenvalue weighted by atomic mass is 10.2. The van der Waals surface area contributed by atoms with E-state index in [1.54, 1.807) is 0 Å². The van der Waals surface area contributed by atoms with Crippen LogP contribution in [0.3, 0.4) is 0 Å². The Balaban J connectivity index is 3.54. The standard InChI is InChI=1S/C7H2BrClINO2S/c8-5-2-7(14(9,12)13)6(10)1-4(5)3-11/h1-2H. The Morgan fingerprint density at radius 3 is 2.50 bits per heavy atom. The van der Waals surface area contributed by atoms with Crippen LogP contribution < -0.4 is 0 Å². The lowest BCUT2D eigenvalue weighted by molar-refractivity contribution is 0.609. The van der Waals surface area contributed by atoms with E-state index in [1.807, 2.05) is 28.7 Å². The molecule has 0 saturated heterocycles. The predicted molar refractivity (Wildman–Crippen MR) is 64.6 cm³/mol. The molecule has 0 fully saturated rings. The van der Waals surface area contributed by atoms with E-state index in [9.17, 15) is 8.42 Å². The molecule has 74 valence electrons. The van der Waals surface area contributed by atoms with E-state index < -0.39 is 9.05 Å². The van der Waals surface area contributed by atoms with Gasteiger partial charge in [-0.25, -0.2) is 8.42 Å². The third-order valence-electron chi connectivity index (χ3n) is 1.40. The Kier molecular flexibility index (Phi) is 3.80. The van der Waals surface area contributed by atoms with Crippen LogP contribution in [-0.2, 0) is 9.05 Å². The fourth-order valence-corrected chi connectivity index (χ4v) is 4.05. The van der Waals surface area contributed by atoms with E-state index in [4.69, 9.17) is 15.9 Å². The Labute approximate surface area is 108 Å². The molecule has 0 spiro atoms. The molecule has 0 unspecified atom stereocenters. The number of halogens is 3. The average molecular weight is 406 g/mol. The normalized spacial score (nSPS) is 11.0. The average Bonchev–Trinajstić information content (AvgIpc) is 2.06. The summed E-state index contributed by atoms with van der Waals surface area (Å²) in [6, 6.07) is 4.71. The molecule has 0 saturated carbocycles. The van der Waals surface area contributed by atoms with Crippen LogP contribution in [0.15, 0.2) is 21.5 Å². The highest BCUT2D eigenvalue weighted by Gasteiger charge is 2.16. The highest BCUT2D eigenvalue weighted by molar-refractivity contribution is 14.1. The van der Waals surface area contributed by atoms with Crippen molar-refractivity contribution in [2.45, 2.75) is 4.90 Å². The van der Waals surface area contributed by atoms with Crippen molar-refractivity contribution in [1.82, 2.24) is 0 Å². The lowest BCUT2D eigenvalue weighted by Gasteiger charge is -2.02. The van der Waals surface area contributed by atoms with Crippen molar-refractivity contribution in [1.29, 1.82) is 5.26 Å². The summed E-state index contributed by atoms with van der Waals surface area (Å²) < 4.78 is 23.0. The quantitative estimate of drug-likeness (QED) is 0.532. The molecule has 7 heteroatoms. The molecular weight excluding hydrogens is 404 g/mol. The SMILES string of the molecule is N#Cc1cc(I)c(S(=O)(=O)Cl)cc1Br. The summed E-state index contributed by atoms with van der Waals surface area (Å²) in [5, 5.41) is 8.67. The number of hydrogen-bond donors (Lipinski definition) is 0. The summed E-state index contributed by atoms with van der Waals surface area (Å²) in [6.45, 7) is 0. The topological polar surface area (TPSA) is 57.9 Å². The van der Waals surface area contributed by atoms with Gasteiger partial charge in [-0.05, 0) is 50.7 Å². The molecule has 0 aromatic heterocycles. The minimum atomic E-state index is -3.76. The maximum Gasteiger partial charge on any atom is 0.262 e. The number of nitrogens with zero attached hydrogens (tertiary/aromatic N) is 1. The Bertz CT molecular complexity index is 523. The second-order valence-electron chi connectivity index (χ2n) is 2.31. The Morgan fingerprint density at radius 2 is 2.07 bits per heavy atom. The molecule has 0 heterocycles. The molecule has 3 nitrogen and oxygen atoms in total. The molecule has 0 radical (unpaired) electrons. The molecule has 0 aliphatic heterocycles.